The molecule has 1 amide bonds. The highest BCUT2D eigenvalue weighted by Gasteiger charge is 2.21. The Morgan fingerprint density at radius 3 is 2.62 bits per heavy atom. The van der Waals surface area contributed by atoms with Gasteiger partial charge in [0.15, 0.2) is 5.82 Å². The molecule has 1 N–H and O–H groups in total. The quantitative estimate of drug-likeness (QED) is 0.612. The van der Waals surface area contributed by atoms with Gasteiger partial charge in [-0.15, -0.1) is 5.10 Å². The minimum Gasteiger partial charge on any atom is -0.466 e. The van der Waals surface area contributed by atoms with Crippen LogP contribution in [-0.2, 0) is 20.7 Å². The third-order valence-electron chi connectivity index (χ3n) is 4.26. The van der Waals surface area contributed by atoms with Gasteiger partial charge in [0.25, 0.3) is 5.78 Å². The minimum absolute atomic E-state index is 0.0658. The lowest BCUT2D eigenvalue weighted by Crippen LogP contribution is -2.32. The maximum atomic E-state index is 13.2. The molecule has 0 aliphatic carbocycles. The van der Waals surface area contributed by atoms with Gasteiger partial charge in [0.05, 0.1) is 25.5 Å². The van der Waals surface area contributed by atoms with Gasteiger partial charge in [0.2, 0.25) is 5.91 Å². The minimum atomic E-state index is -0.652. The molecule has 1 atom stereocenters. The molecule has 3 rings (SSSR count). The van der Waals surface area contributed by atoms with Crippen LogP contribution in [0.1, 0.15) is 42.2 Å². The fraction of sp³-hybridized carbons (Fsp3) is 0.350. The second-order valence-electron chi connectivity index (χ2n) is 6.64. The maximum Gasteiger partial charge on any atom is 0.308 e. The first-order chi connectivity index (χ1) is 13.9. The van der Waals surface area contributed by atoms with E-state index in [2.05, 4.69) is 20.4 Å². The Morgan fingerprint density at radius 2 is 1.93 bits per heavy atom. The predicted molar refractivity (Wildman–Crippen MR) is 102 cm³/mol. The van der Waals surface area contributed by atoms with E-state index < -0.39 is 17.8 Å². The zero-order chi connectivity index (χ0) is 21.0. The number of amides is 1. The van der Waals surface area contributed by atoms with Gasteiger partial charge in [-0.2, -0.15) is 4.98 Å². The van der Waals surface area contributed by atoms with Gasteiger partial charge in [-0.3, -0.25) is 9.59 Å². The number of carbonyl (C=O) groups excluding carboxylic acids is 2. The van der Waals surface area contributed by atoms with E-state index in [0.717, 1.165) is 11.4 Å². The highest BCUT2D eigenvalue weighted by Crippen LogP contribution is 2.18. The topological polar surface area (TPSA) is 98.5 Å². The number of aromatic nitrogens is 4. The maximum absolute atomic E-state index is 13.2. The predicted octanol–water partition coefficient (Wildman–Crippen LogP) is 2.23. The molecular formula is C20H22FN5O3. The molecule has 29 heavy (non-hydrogen) atoms. The summed E-state index contributed by atoms with van der Waals surface area (Å²) in [4.78, 5) is 33.1. The van der Waals surface area contributed by atoms with E-state index in [0.29, 0.717) is 17.2 Å². The smallest absolute Gasteiger partial charge is 0.308 e. The summed E-state index contributed by atoms with van der Waals surface area (Å²) in [6, 6.07) is 6.83. The van der Waals surface area contributed by atoms with Gasteiger partial charge in [-0.25, -0.2) is 13.9 Å². The molecule has 0 saturated carbocycles. The fourth-order valence-electron chi connectivity index (χ4n) is 3.01. The number of rotatable bonds is 7. The van der Waals surface area contributed by atoms with Crippen LogP contribution < -0.4 is 5.32 Å². The molecule has 0 radical (unpaired) electrons. The number of hydrogen-bond acceptors (Lipinski definition) is 6. The van der Waals surface area contributed by atoms with Crippen molar-refractivity contribution >= 4 is 17.7 Å². The molecule has 2 heterocycles. The Bertz CT molecular complexity index is 1030. The van der Waals surface area contributed by atoms with Crippen LogP contribution in [0.4, 0.5) is 4.39 Å². The lowest BCUT2D eigenvalue weighted by atomic mass is 10.0. The number of benzene rings is 1. The molecule has 0 fully saturated rings. The molecule has 0 bridgehead atoms. The van der Waals surface area contributed by atoms with E-state index in [1.165, 1.54) is 24.3 Å². The molecule has 152 valence electrons. The Kier molecular flexibility index (Phi) is 6.16. The zero-order valence-electron chi connectivity index (χ0n) is 16.5. The molecule has 0 aliphatic heterocycles. The van der Waals surface area contributed by atoms with Gasteiger partial charge in [-0.05, 0) is 44.5 Å². The number of ether oxygens (including phenoxy) is 1. The van der Waals surface area contributed by atoms with Crippen molar-refractivity contribution in [3.8, 4) is 0 Å². The van der Waals surface area contributed by atoms with Gasteiger partial charge in [0, 0.05) is 11.4 Å². The van der Waals surface area contributed by atoms with Crippen LogP contribution in [0.25, 0.3) is 5.78 Å². The third kappa shape index (κ3) is 5.13. The summed E-state index contributed by atoms with van der Waals surface area (Å²) in [7, 11) is 0. The van der Waals surface area contributed by atoms with E-state index >= 15 is 0 Å². The largest absolute Gasteiger partial charge is 0.466 e. The third-order valence-corrected chi connectivity index (χ3v) is 4.26. The monoisotopic (exact) mass is 399 g/mol. The molecular weight excluding hydrogens is 377 g/mol. The van der Waals surface area contributed by atoms with Crippen LogP contribution in [-0.4, -0.2) is 38.1 Å². The molecule has 8 nitrogen and oxygen atoms in total. The van der Waals surface area contributed by atoms with Crippen molar-refractivity contribution in [3.05, 3.63) is 58.9 Å². The summed E-state index contributed by atoms with van der Waals surface area (Å²) in [5.41, 5.74) is 2.27. The second-order valence-corrected chi connectivity index (χ2v) is 6.64. The van der Waals surface area contributed by atoms with Crippen LogP contribution in [0.3, 0.4) is 0 Å². The first-order valence-corrected chi connectivity index (χ1v) is 9.26. The number of carbonyl (C=O) groups is 2. The van der Waals surface area contributed by atoms with Crippen LogP contribution in [0.5, 0.6) is 0 Å². The molecule has 1 aromatic carbocycles. The van der Waals surface area contributed by atoms with Crippen molar-refractivity contribution < 1.29 is 18.7 Å². The molecule has 1 unspecified atom stereocenters. The average molecular weight is 399 g/mol. The molecule has 0 spiro atoms. The first kappa shape index (κ1) is 20.4. The number of fused-ring (bicyclic) bond motifs is 1. The molecule has 2 aromatic heterocycles. The molecule has 0 saturated heterocycles. The van der Waals surface area contributed by atoms with Crippen molar-refractivity contribution in [1.82, 2.24) is 24.9 Å². The van der Waals surface area contributed by atoms with Crippen LogP contribution >= 0.6 is 0 Å². The lowest BCUT2D eigenvalue weighted by molar-refractivity contribution is -0.143. The van der Waals surface area contributed by atoms with E-state index in [9.17, 15) is 14.0 Å². The standard InChI is InChI=1S/C20H22FN5O3/c1-4-29-19(28)10-16(14-5-7-15(21)8-6-14)23-18(27)11-17-24-20-22-12(2)9-13(3)26(20)25-17/h5-9,16H,4,10-11H2,1-3H3,(H,23,27). The molecule has 3 aromatic rings. The van der Waals surface area contributed by atoms with E-state index in [4.69, 9.17) is 4.74 Å². The number of halogens is 1. The normalized spacial score (nSPS) is 12.0. The van der Waals surface area contributed by atoms with Gasteiger partial charge in [-0.1, -0.05) is 12.1 Å². The zero-order valence-corrected chi connectivity index (χ0v) is 16.5. The van der Waals surface area contributed by atoms with Crippen molar-refractivity contribution in [2.24, 2.45) is 0 Å². The number of esters is 1. The molecule has 9 heteroatoms. The van der Waals surface area contributed by atoms with E-state index in [1.54, 1.807) is 11.4 Å². The lowest BCUT2D eigenvalue weighted by Gasteiger charge is -2.18. The van der Waals surface area contributed by atoms with E-state index in [1.807, 2.05) is 19.9 Å². The Balaban J connectivity index is 1.76. The first-order valence-electron chi connectivity index (χ1n) is 9.26. The highest BCUT2D eigenvalue weighted by atomic mass is 19.1. The number of nitrogens with one attached hydrogen (secondary N) is 1. The number of aryl methyl sites for hydroxylation is 2. The highest BCUT2D eigenvalue weighted by molar-refractivity contribution is 5.79. The summed E-state index contributed by atoms with van der Waals surface area (Å²) in [5.74, 6) is -0.483. The van der Waals surface area contributed by atoms with Crippen LogP contribution in [0, 0.1) is 19.7 Å². The van der Waals surface area contributed by atoms with Crippen LogP contribution in [0.2, 0.25) is 0 Å². The van der Waals surface area contributed by atoms with Gasteiger partial charge < -0.3 is 10.1 Å². The van der Waals surface area contributed by atoms with Crippen molar-refractivity contribution in [2.45, 2.75) is 39.7 Å². The summed E-state index contributed by atoms with van der Waals surface area (Å²) < 4.78 is 19.8. The van der Waals surface area contributed by atoms with Crippen molar-refractivity contribution in [2.75, 3.05) is 6.61 Å². The Labute approximate surface area is 167 Å². The summed E-state index contributed by atoms with van der Waals surface area (Å²) in [6.45, 7) is 5.68. The fourth-order valence-corrected chi connectivity index (χ4v) is 3.01. The number of nitrogens with zero attached hydrogens (tertiary/aromatic N) is 4. The summed E-state index contributed by atoms with van der Waals surface area (Å²) >= 11 is 0. The summed E-state index contributed by atoms with van der Waals surface area (Å²) in [6.07, 6.45) is -0.147. The average Bonchev–Trinajstić information content (AvgIpc) is 3.04. The van der Waals surface area contributed by atoms with Crippen molar-refractivity contribution in [1.29, 1.82) is 0 Å². The number of hydrogen-bond donors (Lipinski definition) is 1. The second kappa shape index (κ2) is 8.76. The van der Waals surface area contributed by atoms with Crippen LogP contribution in [0.15, 0.2) is 30.3 Å². The van der Waals surface area contributed by atoms with Gasteiger partial charge >= 0.3 is 5.97 Å². The SMILES string of the molecule is CCOC(=O)CC(NC(=O)Cc1nc2nc(C)cc(C)n2n1)c1ccc(F)cc1. The Morgan fingerprint density at radius 1 is 1.21 bits per heavy atom. The Hall–Kier alpha value is -3.36. The molecule has 0 aliphatic rings. The van der Waals surface area contributed by atoms with Crippen molar-refractivity contribution in [3.63, 3.8) is 0 Å². The van der Waals surface area contributed by atoms with Gasteiger partial charge in [0.1, 0.15) is 5.82 Å². The van der Waals surface area contributed by atoms with E-state index in [-0.39, 0.29) is 25.4 Å². The summed E-state index contributed by atoms with van der Waals surface area (Å²) in [5, 5.41) is 7.11.